The first-order chi connectivity index (χ1) is 25.8. The molecule has 0 aliphatic rings. The Kier molecular flexibility index (Phi) is 7.18. The number of benzene rings is 9. The summed E-state index contributed by atoms with van der Waals surface area (Å²) < 4.78 is 6.46. The van der Waals surface area contributed by atoms with Crippen molar-refractivity contribution in [2.75, 3.05) is 4.90 Å². The van der Waals surface area contributed by atoms with Crippen LogP contribution in [0.15, 0.2) is 205 Å². The predicted molar refractivity (Wildman–Crippen MR) is 220 cm³/mol. The highest BCUT2D eigenvalue weighted by Gasteiger charge is 2.16. The van der Waals surface area contributed by atoms with E-state index in [9.17, 15) is 0 Å². The summed E-state index contributed by atoms with van der Waals surface area (Å²) in [5.74, 6) is 0. The SMILES string of the molecule is c1ccc(-c2ccc(N(c3ccc(-c4ccc5oc6c(-c7ccccc7)cccc6c5c4)cc3)c3ccc4c(ccc5ccccc54)c3)cc2)cc1. The molecule has 1 heterocycles. The predicted octanol–water partition coefficient (Wildman–Crippen LogP) is 14.4. The number of para-hydroxylation sites is 1. The fourth-order valence-corrected chi connectivity index (χ4v) is 7.65. The number of hydrogen-bond acceptors (Lipinski definition) is 2. The lowest BCUT2D eigenvalue weighted by Gasteiger charge is -2.26. The molecule has 0 radical (unpaired) electrons. The first-order valence-electron chi connectivity index (χ1n) is 17.8. The van der Waals surface area contributed by atoms with Gasteiger partial charge in [0.1, 0.15) is 11.2 Å². The molecule has 0 bridgehead atoms. The van der Waals surface area contributed by atoms with E-state index in [0.717, 1.165) is 61.3 Å². The van der Waals surface area contributed by atoms with Crippen LogP contribution in [-0.2, 0) is 0 Å². The van der Waals surface area contributed by atoms with Crippen molar-refractivity contribution in [1.29, 1.82) is 0 Å². The minimum absolute atomic E-state index is 0.896. The van der Waals surface area contributed by atoms with Crippen LogP contribution in [0.25, 0.3) is 76.9 Å². The summed E-state index contributed by atoms with van der Waals surface area (Å²) in [5.41, 5.74) is 12.1. The average Bonchev–Trinajstić information content (AvgIpc) is 3.60. The van der Waals surface area contributed by atoms with Crippen molar-refractivity contribution >= 4 is 60.5 Å². The summed E-state index contributed by atoms with van der Waals surface area (Å²) in [6, 6.07) is 71.6. The molecule has 244 valence electrons. The van der Waals surface area contributed by atoms with Gasteiger partial charge in [0.05, 0.1) is 0 Å². The van der Waals surface area contributed by atoms with Crippen LogP contribution >= 0.6 is 0 Å². The molecule has 10 rings (SSSR count). The highest BCUT2D eigenvalue weighted by molar-refractivity contribution is 6.11. The van der Waals surface area contributed by atoms with E-state index in [1.807, 2.05) is 6.07 Å². The molecule has 0 fully saturated rings. The van der Waals surface area contributed by atoms with Crippen molar-refractivity contribution in [2.24, 2.45) is 0 Å². The van der Waals surface area contributed by atoms with Gasteiger partial charge in [0.25, 0.3) is 0 Å². The molecular weight excluding hydrogens is 631 g/mol. The molecular formula is C50H33NO. The molecule has 0 saturated carbocycles. The number of hydrogen-bond donors (Lipinski definition) is 0. The summed E-state index contributed by atoms with van der Waals surface area (Å²) >= 11 is 0. The van der Waals surface area contributed by atoms with E-state index in [2.05, 4.69) is 199 Å². The van der Waals surface area contributed by atoms with E-state index in [4.69, 9.17) is 4.42 Å². The lowest BCUT2D eigenvalue weighted by atomic mass is 9.99. The summed E-state index contributed by atoms with van der Waals surface area (Å²) in [6.45, 7) is 0. The molecule has 52 heavy (non-hydrogen) atoms. The maximum Gasteiger partial charge on any atom is 0.143 e. The number of rotatable bonds is 6. The quantitative estimate of drug-likeness (QED) is 0.165. The van der Waals surface area contributed by atoms with Crippen molar-refractivity contribution in [3.8, 4) is 33.4 Å². The van der Waals surface area contributed by atoms with E-state index >= 15 is 0 Å². The van der Waals surface area contributed by atoms with Gasteiger partial charge in [-0.2, -0.15) is 0 Å². The third-order valence-corrected chi connectivity index (χ3v) is 10.3. The normalized spacial score (nSPS) is 11.5. The van der Waals surface area contributed by atoms with Gasteiger partial charge in [0.2, 0.25) is 0 Å². The van der Waals surface area contributed by atoms with Crippen LogP contribution < -0.4 is 4.90 Å². The van der Waals surface area contributed by atoms with Gasteiger partial charge >= 0.3 is 0 Å². The topological polar surface area (TPSA) is 16.4 Å². The minimum Gasteiger partial charge on any atom is -0.455 e. The molecule has 0 spiro atoms. The van der Waals surface area contributed by atoms with Gasteiger partial charge in [-0.15, -0.1) is 0 Å². The standard InChI is InChI=1S/C50H33NO/c1-3-10-34(11-4-1)35-20-25-41(26-21-35)51(43-29-30-45-40(32-43)19-18-38-14-7-8-15-44(38)45)42-27-22-36(23-28-42)39-24-31-49-48(33-39)47-17-9-16-46(50(47)52-49)37-12-5-2-6-13-37/h1-33H. The minimum atomic E-state index is 0.896. The number of furan rings is 1. The lowest BCUT2D eigenvalue weighted by Crippen LogP contribution is -2.09. The van der Waals surface area contributed by atoms with Gasteiger partial charge in [-0.05, 0) is 97.9 Å². The third kappa shape index (κ3) is 5.21. The van der Waals surface area contributed by atoms with Crippen LogP contribution in [-0.4, -0.2) is 0 Å². The van der Waals surface area contributed by atoms with E-state index < -0.39 is 0 Å². The van der Waals surface area contributed by atoms with Gasteiger partial charge in [-0.25, -0.2) is 0 Å². The van der Waals surface area contributed by atoms with Crippen molar-refractivity contribution < 1.29 is 4.42 Å². The fourth-order valence-electron chi connectivity index (χ4n) is 7.65. The highest BCUT2D eigenvalue weighted by atomic mass is 16.3. The summed E-state index contributed by atoms with van der Waals surface area (Å²) in [7, 11) is 0. The summed E-state index contributed by atoms with van der Waals surface area (Å²) in [5, 5.41) is 7.25. The van der Waals surface area contributed by atoms with Crippen molar-refractivity contribution in [2.45, 2.75) is 0 Å². The number of anilines is 3. The Morgan fingerprint density at radius 2 is 0.865 bits per heavy atom. The lowest BCUT2D eigenvalue weighted by molar-refractivity contribution is 0.670. The number of nitrogens with zero attached hydrogens (tertiary/aromatic N) is 1. The second-order valence-electron chi connectivity index (χ2n) is 13.3. The summed E-state index contributed by atoms with van der Waals surface area (Å²) in [6.07, 6.45) is 0. The van der Waals surface area contributed by atoms with Crippen molar-refractivity contribution in [3.05, 3.63) is 200 Å². The van der Waals surface area contributed by atoms with E-state index in [1.165, 1.54) is 32.7 Å². The van der Waals surface area contributed by atoms with Crippen LogP contribution in [0.1, 0.15) is 0 Å². The Balaban J connectivity index is 1.05. The molecule has 2 heteroatoms. The second kappa shape index (κ2) is 12.5. The molecule has 0 N–H and O–H groups in total. The van der Waals surface area contributed by atoms with E-state index in [-0.39, 0.29) is 0 Å². The van der Waals surface area contributed by atoms with Crippen LogP contribution in [0.3, 0.4) is 0 Å². The average molecular weight is 664 g/mol. The third-order valence-electron chi connectivity index (χ3n) is 10.3. The molecule has 0 saturated heterocycles. The molecule has 10 aromatic rings. The smallest absolute Gasteiger partial charge is 0.143 e. The van der Waals surface area contributed by atoms with Crippen LogP contribution in [0.4, 0.5) is 17.1 Å². The second-order valence-corrected chi connectivity index (χ2v) is 13.3. The Hall–Kier alpha value is -6.90. The maximum absolute atomic E-state index is 6.46. The maximum atomic E-state index is 6.46. The summed E-state index contributed by atoms with van der Waals surface area (Å²) in [4.78, 5) is 2.35. The van der Waals surface area contributed by atoms with Gasteiger partial charge in [0, 0.05) is 33.4 Å². The zero-order valence-corrected chi connectivity index (χ0v) is 28.4. The van der Waals surface area contributed by atoms with Gasteiger partial charge in [0.15, 0.2) is 0 Å². The Bertz CT molecular complexity index is 2870. The molecule has 0 unspecified atom stereocenters. The highest BCUT2D eigenvalue weighted by Crippen LogP contribution is 2.41. The molecule has 0 atom stereocenters. The zero-order chi connectivity index (χ0) is 34.4. The monoisotopic (exact) mass is 663 g/mol. The zero-order valence-electron chi connectivity index (χ0n) is 28.4. The van der Waals surface area contributed by atoms with E-state index in [0.29, 0.717) is 0 Å². The van der Waals surface area contributed by atoms with Crippen molar-refractivity contribution in [3.63, 3.8) is 0 Å². The molecule has 9 aromatic carbocycles. The van der Waals surface area contributed by atoms with Crippen LogP contribution in [0, 0.1) is 0 Å². The van der Waals surface area contributed by atoms with Gasteiger partial charge in [-0.3, -0.25) is 0 Å². The van der Waals surface area contributed by atoms with Crippen LogP contribution in [0.2, 0.25) is 0 Å². The molecule has 0 aliphatic carbocycles. The Labute approximate surface area is 302 Å². The van der Waals surface area contributed by atoms with Gasteiger partial charge in [-0.1, -0.05) is 152 Å². The number of fused-ring (bicyclic) bond motifs is 6. The van der Waals surface area contributed by atoms with Gasteiger partial charge < -0.3 is 9.32 Å². The molecule has 0 amide bonds. The fraction of sp³-hybridized carbons (Fsp3) is 0. The van der Waals surface area contributed by atoms with Crippen molar-refractivity contribution in [1.82, 2.24) is 0 Å². The van der Waals surface area contributed by atoms with E-state index in [1.54, 1.807) is 0 Å². The Morgan fingerprint density at radius 3 is 1.62 bits per heavy atom. The largest absolute Gasteiger partial charge is 0.455 e. The molecule has 2 nitrogen and oxygen atoms in total. The first-order valence-corrected chi connectivity index (χ1v) is 17.8. The molecule has 1 aromatic heterocycles. The Morgan fingerprint density at radius 1 is 0.308 bits per heavy atom. The first kappa shape index (κ1) is 30.0. The molecule has 0 aliphatic heterocycles. The van der Waals surface area contributed by atoms with Crippen LogP contribution in [0.5, 0.6) is 0 Å².